The number of rotatable bonds is 64. The molecule has 8 unspecified atom stereocenters. The highest BCUT2D eigenvalue weighted by molar-refractivity contribution is 5.80. The van der Waals surface area contributed by atoms with Crippen LogP contribution in [-0.4, -0.2) is 99.6 Å². The van der Waals surface area contributed by atoms with Gasteiger partial charge in [0.25, 0.3) is 0 Å². The summed E-state index contributed by atoms with van der Waals surface area (Å²) < 4.78 is 17.7. The summed E-state index contributed by atoms with van der Waals surface area (Å²) in [5.41, 5.74) is 0. The van der Waals surface area contributed by atoms with Crippen LogP contribution in [0.5, 0.6) is 0 Å². The number of aliphatic hydroxyl groups excluding tert-OH is 5. The zero-order valence-corrected chi connectivity index (χ0v) is 55.8. The molecule has 0 spiro atoms. The van der Waals surface area contributed by atoms with E-state index in [9.17, 15) is 35.1 Å². The van der Waals surface area contributed by atoms with Gasteiger partial charge in [0.2, 0.25) is 5.91 Å². The Hall–Kier alpha value is -2.12. The molecule has 11 heteroatoms. The van der Waals surface area contributed by atoms with E-state index >= 15 is 0 Å². The number of aliphatic hydroxyl groups is 5. The summed E-state index contributed by atoms with van der Waals surface area (Å²) in [4.78, 5) is 26.7. The lowest BCUT2D eigenvalue weighted by Gasteiger charge is -2.41. The first-order chi connectivity index (χ1) is 41.7. The second-order valence-corrected chi connectivity index (χ2v) is 25.7. The van der Waals surface area contributed by atoms with Gasteiger partial charge in [0.05, 0.1) is 25.4 Å². The van der Waals surface area contributed by atoms with Crippen molar-refractivity contribution in [3.05, 3.63) is 36.5 Å². The summed E-state index contributed by atoms with van der Waals surface area (Å²) in [7, 11) is 0. The molecular formula is C74H139NO10. The van der Waals surface area contributed by atoms with E-state index in [0.717, 1.165) is 64.2 Å². The maximum atomic E-state index is 13.5. The molecule has 0 saturated carbocycles. The zero-order chi connectivity index (χ0) is 61.7. The van der Waals surface area contributed by atoms with E-state index in [1.165, 1.54) is 250 Å². The van der Waals surface area contributed by atoms with Crippen molar-refractivity contribution in [2.75, 3.05) is 13.2 Å². The molecule has 0 aliphatic carbocycles. The molecule has 0 radical (unpaired) electrons. The van der Waals surface area contributed by atoms with Gasteiger partial charge in [-0.25, -0.2) is 0 Å². The molecular weight excluding hydrogens is 1060 g/mol. The number of hydrogen-bond donors (Lipinski definition) is 6. The number of ether oxygens (including phenoxy) is 3. The van der Waals surface area contributed by atoms with Crippen LogP contribution in [0.1, 0.15) is 361 Å². The van der Waals surface area contributed by atoms with Crippen LogP contribution in [0.4, 0.5) is 0 Å². The second kappa shape index (κ2) is 62.1. The molecule has 0 aromatic heterocycles. The second-order valence-electron chi connectivity index (χ2n) is 25.7. The Labute approximate surface area is 523 Å². The fourth-order valence-corrected chi connectivity index (χ4v) is 11.7. The first kappa shape index (κ1) is 80.9. The van der Waals surface area contributed by atoms with Crippen LogP contribution in [-0.2, 0) is 23.8 Å². The van der Waals surface area contributed by atoms with Crippen LogP contribution in [0, 0.1) is 0 Å². The van der Waals surface area contributed by atoms with Crippen LogP contribution < -0.4 is 5.32 Å². The van der Waals surface area contributed by atoms with Gasteiger partial charge < -0.3 is 45.1 Å². The molecule has 500 valence electrons. The Balaban J connectivity index is 2.52. The molecule has 8 atom stereocenters. The molecule has 1 fully saturated rings. The Kier molecular flexibility index (Phi) is 59.1. The average Bonchev–Trinajstić information content (AvgIpc) is 3.63. The molecule has 11 nitrogen and oxygen atoms in total. The first-order valence-corrected chi connectivity index (χ1v) is 36.8. The van der Waals surface area contributed by atoms with E-state index in [0.29, 0.717) is 19.3 Å². The molecule has 1 rings (SSSR count). The van der Waals surface area contributed by atoms with Crippen molar-refractivity contribution in [3.63, 3.8) is 0 Å². The van der Waals surface area contributed by atoms with Gasteiger partial charge in [-0.1, -0.05) is 333 Å². The quantitative estimate of drug-likeness (QED) is 0.0195. The van der Waals surface area contributed by atoms with Gasteiger partial charge in [0.1, 0.15) is 24.4 Å². The lowest BCUT2D eigenvalue weighted by molar-refractivity contribution is -0.305. The molecule has 1 aliphatic heterocycles. The fourth-order valence-electron chi connectivity index (χ4n) is 11.7. The van der Waals surface area contributed by atoms with Crippen molar-refractivity contribution in [3.8, 4) is 0 Å². The normalized spacial score (nSPS) is 18.5. The third-order valence-corrected chi connectivity index (χ3v) is 17.5. The van der Waals surface area contributed by atoms with Crippen molar-refractivity contribution >= 4 is 11.9 Å². The minimum Gasteiger partial charge on any atom is -0.454 e. The predicted octanol–water partition coefficient (Wildman–Crippen LogP) is 19.0. The van der Waals surface area contributed by atoms with E-state index in [1.807, 2.05) is 6.08 Å². The van der Waals surface area contributed by atoms with Gasteiger partial charge in [0, 0.05) is 6.42 Å². The number of carbonyl (C=O) groups excluding carboxylic acids is 2. The fraction of sp³-hybridized carbons (Fsp3) is 0.892. The molecule has 0 aromatic rings. The topological polar surface area (TPSA) is 175 Å². The Morgan fingerprint density at radius 2 is 0.812 bits per heavy atom. The molecule has 1 heterocycles. The van der Waals surface area contributed by atoms with Gasteiger partial charge in [-0.3, -0.25) is 9.59 Å². The maximum Gasteiger partial charge on any atom is 0.306 e. The summed E-state index contributed by atoms with van der Waals surface area (Å²) in [6.07, 6.45) is 66.2. The van der Waals surface area contributed by atoms with Crippen molar-refractivity contribution in [2.24, 2.45) is 0 Å². The van der Waals surface area contributed by atoms with E-state index in [4.69, 9.17) is 14.2 Å². The molecule has 1 amide bonds. The lowest BCUT2D eigenvalue weighted by atomic mass is 9.99. The van der Waals surface area contributed by atoms with Crippen molar-refractivity contribution in [2.45, 2.75) is 410 Å². The number of hydrogen-bond acceptors (Lipinski definition) is 10. The van der Waals surface area contributed by atoms with Gasteiger partial charge in [-0.15, -0.1) is 0 Å². The monoisotopic (exact) mass is 1200 g/mol. The van der Waals surface area contributed by atoms with Gasteiger partial charge >= 0.3 is 5.97 Å². The van der Waals surface area contributed by atoms with Gasteiger partial charge in [-0.05, 0) is 57.8 Å². The molecule has 0 bridgehead atoms. The highest BCUT2D eigenvalue weighted by Gasteiger charge is 2.47. The van der Waals surface area contributed by atoms with Gasteiger partial charge in [-0.2, -0.15) is 0 Å². The van der Waals surface area contributed by atoms with E-state index in [-0.39, 0.29) is 13.0 Å². The number of esters is 1. The van der Waals surface area contributed by atoms with Crippen LogP contribution in [0.15, 0.2) is 36.5 Å². The number of unbranched alkanes of at least 4 members (excludes halogenated alkanes) is 46. The lowest BCUT2D eigenvalue weighted by Crippen LogP contribution is -2.61. The molecule has 1 saturated heterocycles. The average molecular weight is 1200 g/mol. The maximum absolute atomic E-state index is 13.5. The van der Waals surface area contributed by atoms with E-state index < -0.39 is 67.4 Å². The van der Waals surface area contributed by atoms with Crippen molar-refractivity contribution in [1.82, 2.24) is 5.32 Å². The third kappa shape index (κ3) is 49.4. The Morgan fingerprint density at radius 1 is 0.459 bits per heavy atom. The summed E-state index contributed by atoms with van der Waals surface area (Å²) in [6.45, 7) is 5.82. The van der Waals surface area contributed by atoms with Crippen LogP contribution in [0.3, 0.4) is 0 Å². The standard InChI is InChI=1S/C74H139NO10/c1-4-7-10-13-16-19-22-24-26-28-30-32-34-36-38-40-42-44-47-50-53-56-59-62-69(79)85-72-71(81)70(80)68(63-76)84-74(72)83-64-65(66(77)60-57-54-51-48-45-21-18-15-12-9-6-3)75-73(82)67(78)61-58-55-52-49-46-43-41-39-37-35-33-31-29-27-25-23-20-17-14-11-8-5-2/h17,20,25,27,57,60,65-68,70-72,74,76-78,80-81H,4-16,18-19,21-24,26,28-56,58-59,61-64H2,1-3H3,(H,75,82)/b20-17-,27-25-,60-57+. The third-order valence-electron chi connectivity index (χ3n) is 17.5. The minimum atomic E-state index is -1.61. The molecule has 1 aliphatic rings. The highest BCUT2D eigenvalue weighted by Crippen LogP contribution is 2.27. The SMILES string of the molecule is CCCCC/C=C\C/C=C\CCCCCCCCCCCCCCC(O)C(=O)NC(COC1OC(CO)C(O)C(O)C1OC(=O)CCCCCCCCCCCCCCCCCCCCCCCCC)C(O)/C=C/CCCCCCCCCCC. The van der Waals surface area contributed by atoms with E-state index in [2.05, 4.69) is 50.4 Å². The molecule has 0 aromatic carbocycles. The van der Waals surface area contributed by atoms with Crippen LogP contribution in [0.25, 0.3) is 0 Å². The summed E-state index contributed by atoms with van der Waals surface area (Å²) in [5.74, 6) is -1.18. The summed E-state index contributed by atoms with van der Waals surface area (Å²) in [5, 5.41) is 57.3. The Bertz CT molecular complexity index is 1520. The molecule has 6 N–H and O–H groups in total. The van der Waals surface area contributed by atoms with Crippen LogP contribution in [0.2, 0.25) is 0 Å². The Morgan fingerprint density at radius 3 is 1.22 bits per heavy atom. The van der Waals surface area contributed by atoms with Gasteiger partial charge in [0.15, 0.2) is 12.4 Å². The summed E-state index contributed by atoms with van der Waals surface area (Å²) in [6, 6.07) is -1.02. The van der Waals surface area contributed by atoms with Crippen LogP contribution >= 0.6 is 0 Å². The minimum absolute atomic E-state index is 0.130. The smallest absolute Gasteiger partial charge is 0.306 e. The van der Waals surface area contributed by atoms with E-state index in [1.54, 1.807) is 6.08 Å². The number of carbonyl (C=O) groups is 2. The van der Waals surface area contributed by atoms with Crippen molar-refractivity contribution in [1.29, 1.82) is 0 Å². The largest absolute Gasteiger partial charge is 0.454 e. The number of amides is 1. The first-order valence-electron chi connectivity index (χ1n) is 36.8. The number of nitrogens with one attached hydrogen (secondary N) is 1. The zero-order valence-electron chi connectivity index (χ0n) is 55.8. The van der Waals surface area contributed by atoms with Crippen molar-refractivity contribution < 1.29 is 49.3 Å². The summed E-state index contributed by atoms with van der Waals surface area (Å²) >= 11 is 0. The number of allylic oxidation sites excluding steroid dienone is 5. The predicted molar refractivity (Wildman–Crippen MR) is 357 cm³/mol. The molecule has 85 heavy (non-hydrogen) atoms. The highest BCUT2D eigenvalue weighted by atomic mass is 16.7.